The van der Waals surface area contributed by atoms with Gasteiger partial charge in [0.05, 0.1) is 21.8 Å². The van der Waals surface area contributed by atoms with Crippen LogP contribution < -0.4 is 0 Å². The molecule has 0 atom stereocenters. The van der Waals surface area contributed by atoms with Crippen LogP contribution in [0.1, 0.15) is 22.5 Å². The SMILES string of the molecule is Cc1nn(-c2ccccc2)c(C)c1CN(C)S(=O)(=O)c1ccc(C(F)(F)F)cc1. The number of rotatable bonds is 5. The highest BCUT2D eigenvalue weighted by Gasteiger charge is 2.31. The molecule has 29 heavy (non-hydrogen) atoms. The first-order chi connectivity index (χ1) is 13.5. The van der Waals surface area contributed by atoms with Gasteiger partial charge < -0.3 is 0 Å². The predicted molar refractivity (Wildman–Crippen MR) is 103 cm³/mol. The highest BCUT2D eigenvalue weighted by molar-refractivity contribution is 7.89. The Morgan fingerprint density at radius 3 is 2.14 bits per heavy atom. The predicted octanol–water partition coefficient (Wildman–Crippen LogP) is 4.33. The van der Waals surface area contributed by atoms with Gasteiger partial charge in [0.2, 0.25) is 10.0 Å². The van der Waals surface area contributed by atoms with Gasteiger partial charge in [-0.3, -0.25) is 0 Å². The number of aryl methyl sites for hydroxylation is 1. The number of halogens is 3. The van der Waals surface area contributed by atoms with E-state index in [0.717, 1.165) is 45.5 Å². The van der Waals surface area contributed by atoms with Crippen molar-refractivity contribution in [1.82, 2.24) is 14.1 Å². The van der Waals surface area contributed by atoms with Crippen LogP contribution in [0.2, 0.25) is 0 Å². The molecule has 0 aliphatic heterocycles. The first-order valence-electron chi connectivity index (χ1n) is 8.76. The van der Waals surface area contributed by atoms with E-state index in [1.807, 2.05) is 37.3 Å². The molecule has 0 saturated carbocycles. The highest BCUT2D eigenvalue weighted by atomic mass is 32.2. The number of alkyl halides is 3. The summed E-state index contributed by atoms with van der Waals surface area (Å²) in [5, 5.41) is 4.50. The fraction of sp³-hybridized carbons (Fsp3) is 0.250. The molecule has 1 aromatic heterocycles. The van der Waals surface area contributed by atoms with E-state index >= 15 is 0 Å². The van der Waals surface area contributed by atoms with E-state index in [1.165, 1.54) is 7.05 Å². The maximum absolute atomic E-state index is 12.8. The molecule has 2 aromatic carbocycles. The Bertz CT molecular complexity index is 1110. The molecule has 3 aromatic rings. The average molecular weight is 423 g/mol. The number of aromatic nitrogens is 2. The molecule has 0 aliphatic carbocycles. The van der Waals surface area contributed by atoms with Crippen molar-refractivity contribution < 1.29 is 21.6 Å². The van der Waals surface area contributed by atoms with Crippen LogP contribution in [0.5, 0.6) is 0 Å². The molecule has 9 heteroatoms. The molecule has 5 nitrogen and oxygen atoms in total. The van der Waals surface area contributed by atoms with E-state index in [1.54, 1.807) is 11.6 Å². The molecule has 0 unspecified atom stereocenters. The standard InChI is InChI=1S/C20H20F3N3O2S/c1-14-19(15(2)26(24-14)17-7-5-4-6-8-17)13-25(3)29(27,28)18-11-9-16(10-12-18)20(21,22)23/h4-12H,13H2,1-3H3. The minimum atomic E-state index is -4.52. The van der Waals surface area contributed by atoms with Gasteiger partial charge in [0.15, 0.2) is 0 Å². The summed E-state index contributed by atoms with van der Waals surface area (Å²) < 4.78 is 66.7. The molecule has 154 valence electrons. The summed E-state index contributed by atoms with van der Waals surface area (Å²) in [6, 6.07) is 12.9. The van der Waals surface area contributed by atoms with Crippen molar-refractivity contribution in [2.24, 2.45) is 0 Å². The Morgan fingerprint density at radius 1 is 1.00 bits per heavy atom. The molecule has 0 bridgehead atoms. The van der Waals surface area contributed by atoms with E-state index in [-0.39, 0.29) is 11.4 Å². The van der Waals surface area contributed by atoms with Crippen LogP contribution >= 0.6 is 0 Å². The Labute approximate surface area is 167 Å². The lowest BCUT2D eigenvalue weighted by molar-refractivity contribution is -0.137. The molecule has 0 fully saturated rings. The second-order valence-electron chi connectivity index (χ2n) is 6.68. The fourth-order valence-electron chi connectivity index (χ4n) is 3.03. The molecule has 1 heterocycles. The van der Waals surface area contributed by atoms with Gasteiger partial charge in [-0.1, -0.05) is 18.2 Å². The monoisotopic (exact) mass is 423 g/mol. The minimum Gasteiger partial charge on any atom is -0.238 e. The van der Waals surface area contributed by atoms with E-state index < -0.39 is 21.8 Å². The first kappa shape index (κ1) is 21.1. The van der Waals surface area contributed by atoms with Crippen molar-refractivity contribution in [3.8, 4) is 5.69 Å². The van der Waals surface area contributed by atoms with Gasteiger partial charge in [-0.25, -0.2) is 13.1 Å². The van der Waals surface area contributed by atoms with Gasteiger partial charge in [0.25, 0.3) is 0 Å². The van der Waals surface area contributed by atoms with Crippen LogP contribution in [0.15, 0.2) is 59.5 Å². The molecule has 0 spiro atoms. The van der Waals surface area contributed by atoms with Crippen LogP contribution in [-0.2, 0) is 22.7 Å². The molecule has 0 saturated heterocycles. The molecule has 0 amide bonds. The van der Waals surface area contributed by atoms with Crippen molar-refractivity contribution in [2.75, 3.05) is 7.05 Å². The van der Waals surface area contributed by atoms with Crippen LogP contribution in [-0.4, -0.2) is 29.6 Å². The van der Waals surface area contributed by atoms with Gasteiger partial charge in [-0.05, 0) is 50.2 Å². The third-order valence-electron chi connectivity index (χ3n) is 4.71. The Balaban J connectivity index is 1.88. The lowest BCUT2D eigenvalue weighted by atomic mass is 10.2. The summed E-state index contributed by atoms with van der Waals surface area (Å²) >= 11 is 0. The van der Waals surface area contributed by atoms with Crippen molar-refractivity contribution in [3.05, 3.63) is 77.1 Å². The number of para-hydroxylation sites is 1. The van der Waals surface area contributed by atoms with Crippen LogP contribution in [0.3, 0.4) is 0 Å². The van der Waals surface area contributed by atoms with Crippen molar-refractivity contribution in [2.45, 2.75) is 31.5 Å². The summed E-state index contributed by atoms with van der Waals surface area (Å²) in [7, 11) is -2.56. The minimum absolute atomic E-state index is 0.0495. The number of sulfonamides is 1. The second kappa shape index (κ2) is 7.64. The lowest BCUT2D eigenvalue weighted by Crippen LogP contribution is -2.27. The summed E-state index contributed by atoms with van der Waals surface area (Å²) in [6.07, 6.45) is -4.52. The second-order valence-corrected chi connectivity index (χ2v) is 8.72. The number of hydrogen-bond acceptors (Lipinski definition) is 3. The molecule has 0 radical (unpaired) electrons. The normalized spacial score (nSPS) is 12.5. The van der Waals surface area contributed by atoms with E-state index in [9.17, 15) is 21.6 Å². The molecular formula is C20H20F3N3O2S. The van der Waals surface area contributed by atoms with Crippen LogP contribution in [0.25, 0.3) is 5.69 Å². The first-order valence-corrected chi connectivity index (χ1v) is 10.2. The van der Waals surface area contributed by atoms with Gasteiger partial charge in [0.1, 0.15) is 0 Å². The highest BCUT2D eigenvalue weighted by Crippen LogP contribution is 2.30. The Hall–Kier alpha value is -2.65. The van der Waals surface area contributed by atoms with E-state index in [2.05, 4.69) is 5.10 Å². The van der Waals surface area contributed by atoms with Crippen molar-refractivity contribution in [1.29, 1.82) is 0 Å². The fourth-order valence-corrected chi connectivity index (χ4v) is 4.17. The van der Waals surface area contributed by atoms with Gasteiger partial charge in [0, 0.05) is 24.8 Å². The third kappa shape index (κ3) is 4.20. The third-order valence-corrected chi connectivity index (χ3v) is 6.53. The maximum Gasteiger partial charge on any atom is 0.416 e. The largest absolute Gasteiger partial charge is 0.416 e. The van der Waals surface area contributed by atoms with Crippen LogP contribution in [0.4, 0.5) is 13.2 Å². The van der Waals surface area contributed by atoms with E-state index in [4.69, 9.17) is 0 Å². The Kier molecular flexibility index (Phi) is 5.55. The number of hydrogen-bond donors (Lipinski definition) is 0. The van der Waals surface area contributed by atoms with Gasteiger partial charge >= 0.3 is 6.18 Å². The van der Waals surface area contributed by atoms with Crippen molar-refractivity contribution >= 4 is 10.0 Å². The summed E-state index contributed by atoms with van der Waals surface area (Å²) in [4.78, 5) is -0.196. The maximum atomic E-state index is 12.8. The molecule has 3 rings (SSSR count). The summed E-state index contributed by atoms with van der Waals surface area (Å²) in [6.45, 7) is 3.69. The summed E-state index contributed by atoms with van der Waals surface area (Å²) in [5.41, 5.74) is 2.18. The molecule has 0 aliphatic rings. The zero-order chi connectivity index (χ0) is 21.4. The topological polar surface area (TPSA) is 55.2 Å². The summed E-state index contributed by atoms with van der Waals surface area (Å²) in [5.74, 6) is 0. The van der Waals surface area contributed by atoms with Gasteiger partial charge in [-0.2, -0.15) is 22.6 Å². The zero-order valence-electron chi connectivity index (χ0n) is 16.1. The smallest absolute Gasteiger partial charge is 0.238 e. The average Bonchev–Trinajstić information content (AvgIpc) is 2.96. The lowest BCUT2D eigenvalue weighted by Gasteiger charge is -2.18. The quantitative estimate of drug-likeness (QED) is 0.614. The number of nitrogens with zero attached hydrogens (tertiary/aromatic N) is 3. The van der Waals surface area contributed by atoms with Gasteiger partial charge in [-0.15, -0.1) is 0 Å². The van der Waals surface area contributed by atoms with E-state index in [0.29, 0.717) is 5.69 Å². The van der Waals surface area contributed by atoms with Crippen LogP contribution in [0, 0.1) is 13.8 Å². The Morgan fingerprint density at radius 2 is 1.59 bits per heavy atom. The zero-order valence-corrected chi connectivity index (χ0v) is 16.9. The molecule has 0 N–H and O–H groups in total. The number of benzene rings is 2. The van der Waals surface area contributed by atoms with Crippen molar-refractivity contribution in [3.63, 3.8) is 0 Å². The molecular weight excluding hydrogens is 403 g/mol.